The molecule has 0 saturated carbocycles. The van der Waals surface area contributed by atoms with Gasteiger partial charge in [-0.05, 0) is 43.3 Å². The van der Waals surface area contributed by atoms with Crippen LogP contribution in [0.5, 0.6) is 11.5 Å². The summed E-state index contributed by atoms with van der Waals surface area (Å²) in [6.07, 6.45) is 1.24. The Balaban J connectivity index is 2.32. The fourth-order valence-electron chi connectivity index (χ4n) is 2.25. The van der Waals surface area contributed by atoms with Crippen LogP contribution >= 0.6 is 0 Å². The van der Waals surface area contributed by atoms with Crippen molar-refractivity contribution in [3.8, 4) is 17.6 Å². The Morgan fingerprint density at radius 3 is 2.67 bits per heavy atom. The van der Waals surface area contributed by atoms with E-state index in [1.165, 1.54) is 37.5 Å². The van der Waals surface area contributed by atoms with Crippen molar-refractivity contribution in [2.45, 2.75) is 6.92 Å². The van der Waals surface area contributed by atoms with Gasteiger partial charge in [0.05, 0.1) is 25.0 Å². The summed E-state index contributed by atoms with van der Waals surface area (Å²) in [6.45, 7) is 1.87. The number of amides is 1. The SMILES string of the molecule is CCOC(=O)c1ccccc1NC(=O)C(C#N)=Cc1cc(OC)ccc1O. The number of phenols is 1. The van der Waals surface area contributed by atoms with Crippen molar-refractivity contribution in [1.82, 2.24) is 0 Å². The van der Waals surface area contributed by atoms with Crippen molar-refractivity contribution in [1.29, 1.82) is 5.26 Å². The Morgan fingerprint density at radius 2 is 2.00 bits per heavy atom. The molecule has 0 saturated heterocycles. The van der Waals surface area contributed by atoms with Gasteiger partial charge in [0.1, 0.15) is 23.1 Å². The van der Waals surface area contributed by atoms with Crippen molar-refractivity contribution < 1.29 is 24.2 Å². The van der Waals surface area contributed by atoms with Gasteiger partial charge < -0.3 is 19.9 Å². The van der Waals surface area contributed by atoms with E-state index in [1.807, 2.05) is 0 Å². The van der Waals surface area contributed by atoms with Gasteiger partial charge in [0.15, 0.2) is 0 Å². The lowest BCUT2D eigenvalue weighted by molar-refractivity contribution is -0.112. The Morgan fingerprint density at radius 1 is 1.26 bits per heavy atom. The Bertz CT molecular complexity index is 928. The molecule has 1 amide bonds. The number of hydrogen-bond donors (Lipinski definition) is 2. The number of carbonyl (C=O) groups excluding carboxylic acids is 2. The zero-order valence-electron chi connectivity index (χ0n) is 14.9. The van der Waals surface area contributed by atoms with Crippen LogP contribution in [0.4, 0.5) is 5.69 Å². The summed E-state index contributed by atoms with van der Waals surface area (Å²) in [5.74, 6) is -0.953. The second-order valence-corrected chi connectivity index (χ2v) is 5.31. The third-order valence-electron chi connectivity index (χ3n) is 3.57. The number of ether oxygens (including phenoxy) is 2. The predicted molar refractivity (Wildman–Crippen MR) is 99.3 cm³/mol. The highest BCUT2D eigenvalue weighted by Gasteiger charge is 2.16. The molecule has 2 aromatic rings. The number of hydrogen-bond acceptors (Lipinski definition) is 6. The van der Waals surface area contributed by atoms with Crippen molar-refractivity contribution in [3.63, 3.8) is 0 Å². The van der Waals surface area contributed by atoms with Gasteiger partial charge in [0, 0.05) is 5.56 Å². The average Bonchev–Trinajstić information content (AvgIpc) is 2.67. The van der Waals surface area contributed by atoms with E-state index >= 15 is 0 Å². The Kier molecular flexibility index (Phi) is 6.55. The number of anilines is 1. The molecule has 7 nitrogen and oxygen atoms in total. The quantitative estimate of drug-likeness (QED) is 0.462. The molecule has 0 aromatic heterocycles. The molecule has 0 fully saturated rings. The number of para-hydroxylation sites is 1. The van der Waals surface area contributed by atoms with Crippen molar-refractivity contribution >= 4 is 23.6 Å². The van der Waals surface area contributed by atoms with E-state index in [1.54, 1.807) is 31.2 Å². The number of aromatic hydroxyl groups is 1. The third kappa shape index (κ3) is 4.86. The first-order valence-corrected chi connectivity index (χ1v) is 8.06. The highest BCUT2D eigenvalue weighted by molar-refractivity contribution is 6.12. The largest absolute Gasteiger partial charge is 0.507 e. The molecule has 0 aliphatic rings. The summed E-state index contributed by atoms with van der Waals surface area (Å²) in [6, 6.07) is 12.5. The van der Waals surface area contributed by atoms with Crippen LogP contribution < -0.4 is 10.1 Å². The number of carbonyl (C=O) groups is 2. The van der Waals surface area contributed by atoms with E-state index in [4.69, 9.17) is 9.47 Å². The van der Waals surface area contributed by atoms with E-state index in [0.717, 1.165) is 0 Å². The van der Waals surface area contributed by atoms with E-state index in [0.29, 0.717) is 5.75 Å². The molecule has 0 atom stereocenters. The van der Waals surface area contributed by atoms with Gasteiger partial charge in [-0.3, -0.25) is 4.79 Å². The molecule has 2 aromatic carbocycles. The lowest BCUT2D eigenvalue weighted by Crippen LogP contribution is -2.17. The predicted octanol–water partition coefficient (Wildman–Crippen LogP) is 3.12. The monoisotopic (exact) mass is 366 g/mol. The normalized spacial score (nSPS) is 10.6. The molecule has 0 aliphatic heterocycles. The zero-order valence-corrected chi connectivity index (χ0v) is 14.9. The fraction of sp³-hybridized carbons (Fsp3) is 0.150. The molecule has 7 heteroatoms. The van der Waals surface area contributed by atoms with Crippen LogP contribution in [0.15, 0.2) is 48.0 Å². The first kappa shape index (κ1) is 19.5. The van der Waals surface area contributed by atoms with Crippen molar-refractivity contribution in [2.24, 2.45) is 0 Å². The van der Waals surface area contributed by atoms with Crippen LogP contribution in [0.25, 0.3) is 6.08 Å². The summed E-state index contributed by atoms with van der Waals surface area (Å²) in [5, 5.41) is 21.8. The number of esters is 1. The molecule has 0 bridgehead atoms. The van der Waals surface area contributed by atoms with Crippen molar-refractivity contribution in [3.05, 3.63) is 59.2 Å². The number of nitriles is 1. The fourth-order valence-corrected chi connectivity index (χ4v) is 2.25. The highest BCUT2D eigenvalue weighted by Crippen LogP contribution is 2.25. The van der Waals surface area contributed by atoms with Crippen LogP contribution in [-0.4, -0.2) is 30.7 Å². The van der Waals surface area contributed by atoms with Crippen LogP contribution in [-0.2, 0) is 9.53 Å². The van der Waals surface area contributed by atoms with E-state index < -0.39 is 11.9 Å². The standard InChI is InChI=1S/C20H18N2O5/c1-3-27-20(25)16-6-4-5-7-17(16)22-19(24)14(12-21)10-13-11-15(26-2)8-9-18(13)23/h4-11,23H,3H2,1-2H3,(H,22,24). The molecule has 0 radical (unpaired) electrons. The molecule has 138 valence electrons. The molecule has 0 spiro atoms. The maximum Gasteiger partial charge on any atom is 0.340 e. The average molecular weight is 366 g/mol. The molecular formula is C20H18N2O5. The second-order valence-electron chi connectivity index (χ2n) is 5.31. The number of rotatable bonds is 6. The zero-order chi connectivity index (χ0) is 19.8. The van der Waals surface area contributed by atoms with Crippen LogP contribution in [0.1, 0.15) is 22.8 Å². The summed E-state index contributed by atoms with van der Waals surface area (Å²) < 4.78 is 10.0. The minimum Gasteiger partial charge on any atom is -0.507 e. The molecule has 2 N–H and O–H groups in total. The number of methoxy groups -OCH3 is 1. The number of nitrogens with one attached hydrogen (secondary N) is 1. The van der Waals surface area contributed by atoms with Gasteiger partial charge in [-0.15, -0.1) is 0 Å². The number of phenolic OH excluding ortho intramolecular Hbond substituents is 1. The van der Waals surface area contributed by atoms with Gasteiger partial charge in [-0.25, -0.2) is 4.79 Å². The highest BCUT2D eigenvalue weighted by atomic mass is 16.5. The van der Waals surface area contributed by atoms with Gasteiger partial charge >= 0.3 is 5.97 Å². The molecule has 2 rings (SSSR count). The summed E-state index contributed by atoms with van der Waals surface area (Å²) >= 11 is 0. The molecule has 0 unspecified atom stereocenters. The first-order valence-electron chi connectivity index (χ1n) is 8.06. The Labute approximate surface area is 156 Å². The summed E-state index contributed by atoms with van der Waals surface area (Å²) in [7, 11) is 1.46. The molecule has 27 heavy (non-hydrogen) atoms. The van der Waals surface area contributed by atoms with Gasteiger partial charge in [0.25, 0.3) is 5.91 Å². The minimum absolute atomic E-state index is 0.108. The summed E-state index contributed by atoms with van der Waals surface area (Å²) in [4.78, 5) is 24.5. The minimum atomic E-state index is -0.725. The van der Waals surface area contributed by atoms with Crippen LogP contribution in [0, 0.1) is 11.3 Å². The van der Waals surface area contributed by atoms with E-state index in [9.17, 15) is 20.0 Å². The van der Waals surface area contributed by atoms with Gasteiger partial charge in [-0.2, -0.15) is 5.26 Å². The van der Waals surface area contributed by atoms with E-state index in [2.05, 4.69) is 5.32 Å². The molecular weight excluding hydrogens is 348 g/mol. The van der Waals surface area contributed by atoms with Gasteiger partial charge in [0.2, 0.25) is 0 Å². The second kappa shape index (κ2) is 9.06. The van der Waals surface area contributed by atoms with Crippen LogP contribution in [0.2, 0.25) is 0 Å². The topological polar surface area (TPSA) is 109 Å². The molecule has 0 heterocycles. The number of benzene rings is 2. The summed E-state index contributed by atoms with van der Waals surface area (Å²) in [5.41, 5.74) is 0.392. The van der Waals surface area contributed by atoms with Gasteiger partial charge in [-0.1, -0.05) is 12.1 Å². The van der Waals surface area contributed by atoms with E-state index in [-0.39, 0.29) is 34.7 Å². The maximum absolute atomic E-state index is 12.5. The lowest BCUT2D eigenvalue weighted by atomic mass is 10.1. The lowest BCUT2D eigenvalue weighted by Gasteiger charge is -2.10. The maximum atomic E-state index is 12.5. The van der Waals surface area contributed by atoms with Crippen molar-refractivity contribution in [2.75, 3.05) is 19.0 Å². The first-order chi connectivity index (χ1) is 13.0. The smallest absolute Gasteiger partial charge is 0.340 e. The third-order valence-corrected chi connectivity index (χ3v) is 3.57. The van der Waals surface area contributed by atoms with Crippen LogP contribution in [0.3, 0.4) is 0 Å². The molecule has 0 aliphatic carbocycles. The Hall–Kier alpha value is -3.79. The number of nitrogens with zero attached hydrogens (tertiary/aromatic N) is 1.